The number of sulfonamides is 1. The Morgan fingerprint density at radius 3 is 2.71 bits per heavy atom. The molecular formula is C13H19N5O2S. The molecule has 7 nitrogen and oxygen atoms in total. The average Bonchev–Trinajstić information content (AvgIpc) is 2.95. The van der Waals surface area contributed by atoms with Crippen LogP contribution in [0.1, 0.15) is 18.1 Å². The zero-order chi connectivity index (χ0) is 15.3. The number of hydrogen-bond donors (Lipinski definition) is 2. The minimum absolute atomic E-state index is 0.139. The molecule has 2 aromatic heterocycles. The van der Waals surface area contributed by atoms with Crippen LogP contribution in [0.25, 0.3) is 0 Å². The van der Waals surface area contributed by atoms with E-state index < -0.39 is 10.0 Å². The molecule has 0 saturated carbocycles. The minimum Gasteiger partial charge on any atom is -0.313 e. The monoisotopic (exact) mass is 309 g/mol. The lowest BCUT2D eigenvalue weighted by Gasteiger charge is -2.17. The summed E-state index contributed by atoms with van der Waals surface area (Å²) in [6.07, 6.45) is 4.82. The summed E-state index contributed by atoms with van der Waals surface area (Å²) in [5, 5.41) is 9.68. The SMILES string of the molecule is CCNCc1cn[nH]c1S(=O)(=O)N(C)Cc1ccncc1. The van der Waals surface area contributed by atoms with Crippen LogP contribution >= 0.6 is 0 Å². The second-order valence-electron chi connectivity index (χ2n) is 4.62. The summed E-state index contributed by atoms with van der Waals surface area (Å²) >= 11 is 0. The van der Waals surface area contributed by atoms with Crippen LogP contribution in [0.15, 0.2) is 35.7 Å². The maximum atomic E-state index is 12.6. The molecule has 2 heterocycles. The Morgan fingerprint density at radius 2 is 2.05 bits per heavy atom. The van der Waals surface area contributed by atoms with Crippen molar-refractivity contribution >= 4 is 10.0 Å². The lowest BCUT2D eigenvalue weighted by molar-refractivity contribution is 0.462. The van der Waals surface area contributed by atoms with Crippen LogP contribution in [0.2, 0.25) is 0 Å². The number of hydrogen-bond acceptors (Lipinski definition) is 5. The Labute approximate surface area is 124 Å². The molecule has 0 aliphatic carbocycles. The number of H-pyrrole nitrogens is 1. The van der Waals surface area contributed by atoms with Gasteiger partial charge in [-0.2, -0.15) is 9.40 Å². The van der Waals surface area contributed by atoms with Gasteiger partial charge in [0.1, 0.15) is 0 Å². The highest BCUT2D eigenvalue weighted by molar-refractivity contribution is 7.89. The number of pyridine rings is 1. The van der Waals surface area contributed by atoms with E-state index in [1.54, 1.807) is 31.6 Å². The van der Waals surface area contributed by atoms with E-state index in [1.165, 1.54) is 10.5 Å². The van der Waals surface area contributed by atoms with Gasteiger partial charge in [-0.3, -0.25) is 10.1 Å². The lowest BCUT2D eigenvalue weighted by atomic mass is 10.3. The van der Waals surface area contributed by atoms with Crippen molar-refractivity contribution < 1.29 is 8.42 Å². The zero-order valence-corrected chi connectivity index (χ0v) is 12.9. The largest absolute Gasteiger partial charge is 0.313 e. The van der Waals surface area contributed by atoms with E-state index in [9.17, 15) is 8.42 Å². The molecule has 0 unspecified atom stereocenters. The Morgan fingerprint density at radius 1 is 1.33 bits per heavy atom. The van der Waals surface area contributed by atoms with E-state index in [0.29, 0.717) is 12.1 Å². The molecule has 0 spiro atoms. The van der Waals surface area contributed by atoms with E-state index in [2.05, 4.69) is 20.5 Å². The topological polar surface area (TPSA) is 91.0 Å². The number of rotatable bonds is 7. The zero-order valence-electron chi connectivity index (χ0n) is 12.1. The molecule has 114 valence electrons. The average molecular weight is 309 g/mol. The molecule has 0 aliphatic heterocycles. The van der Waals surface area contributed by atoms with Gasteiger partial charge in [0.05, 0.1) is 6.20 Å². The molecule has 0 fully saturated rings. The van der Waals surface area contributed by atoms with Gasteiger partial charge >= 0.3 is 0 Å². The van der Waals surface area contributed by atoms with Crippen LogP contribution in [0, 0.1) is 0 Å². The number of aromatic nitrogens is 3. The molecule has 2 N–H and O–H groups in total. The second kappa shape index (κ2) is 6.79. The van der Waals surface area contributed by atoms with Crippen LogP contribution in [0.3, 0.4) is 0 Å². The molecule has 2 rings (SSSR count). The van der Waals surface area contributed by atoms with Crippen LogP contribution in [0.5, 0.6) is 0 Å². The van der Waals surface area contributed by atoms with Gasteiger partial charge in [-0.25, -0.2) is 8.42 Å². The first-order valence-electron chi connectivity index (χ1n) is 6.64. The van der Waals surface area contributed by atoms with Crippen molar-refractivity contribution in [2.75, 3.05) is 13.6 Å². The van der Waals surface area contributed by atoms with Gasteiger partial charge < -0.3 is 5.32 Å². The fourth-order valence-corrected chi connectivity index (χ4v) is 3.15. The normalized spacial score (nSPS) is 12.0. The van der Waals surface area contributed by atoms with Crippen molar-refractivity contribution in [2.24, 2.45) is 0 Å². The minimum atomic E-state index is -3.60. The van der Waals surface area contributed by atoms with E-state index >= 15 is 0 Å². The highest BCUT2D eigenvalue weighted by Crippen LogP contribution is 2.18. The highest BCUT2D eigenvalue weighted by Gasteiger charge is 2.25. The number of aromatic amines is 1. The molecule has 0 saturated heterocycles. The predicted molar refractivity (Wildman–Crippen MR) is 78.9 cm³/mol. The van der Waals surface area contributed by atoms with Crippen LogP contribution in [0.4, 0.5) is 0 Å². The molecular weight excluding hydrogens is 290 g/mol. The maximum absolute atomic E-state index is 12.6. The fraction of sp³-hybridized carbons (Fsp3) is 0.385. The first-order chi connectivity index (χ1) is 10.1. The summed E-state index contributed by atoms with van der Waals surface area (Å²) in [6.45, 7) is 3.47. The molecule has 0 bridgehead atoms. The first kappa shape index (κ1) is 15.6. The van der Waals surface area contributed by atoms with Crippen LogP contribution < -0.4 is 5.32 Å². The third-order valence-corrected chi connectivity index (χ3v) is 4.89. The summed E-state index contributed by atoms with van der Waals surface area (Å²) in [4.78, 5) is 3.92. The summed E-state index contributed by atoms with van der Waals surface area (Å²) in [5.41, 5.74) is 1.52. The quantitative estimate of drug-likeness (QED) is 0.787. The Balaban J connectivity index is 2.19. The van der Waals surface area contributed by atoms with Crippen molar-refractivity contribution in [2.45, 2.75) is 25.0 Å². The summed E-state index contributed by atoms with van der Waals surface area (Å²) in [5.74, 6) is 0. The molecule has 8 heteroatoms. The predicted octanol–water partition coefficient (Wildman–Crippen LogP) is 0.735. The third kappa shape index (κ3) is 3.66. The van der Waals surface area contributed by atoms with Crippen LogP contribution in [-0.2, 0) is 23.1 Å². The summed E-state index contributed by atoms with van der Waals surface area (Å²) in [6, 6.07) is 3.58. The number of nitrogens with zero attached hydrogens (tertiary/aromatic N) is 3. The van der Waals surface area contributed by atoms with Crippen molar-refractivity contribution in [3.05, 3.63) is 41.9 Å². The third-order valence-electron chi connectivity index (χ3n) is 3.07. The standard InChI is InChI=1S/C13H19N5O2S/c1-3-14-8-12-9-16-17-13(12)21(19,20)18(2)10-11-4-6-15-7-5-11/h4-7,9,14H,3,8,10H2,1-2H3,(H,16,17). The highest BCUT2D eigenvalue weighted by atomic mass is 32.2. The Kier molecular flexibility index (Phi) is 5.05. The smallest absolute Gasteiger partial charge is 0.260 e. The van der Waals surface area contributed by atoms with E-state index in [-0.39, 0.29) is 11.6 Å². The van der Waals surface area contributed by atoms with Crippen LogP contribution in [-0.4, -0.2) is 41.5 Å². The van der Waals surface area contributed by atoms with Gasteiger partial charge in [-0.05, 0) is 24.2 Å². The van der Waals surface area contributed by atoms with Gasteiger partial charge in [0, 0.05) is 38.1 Å². The molecule has 0 aliphatic rings. The second-order valence-corrected chi connectivity index (χ2v) is 6.60. The molecule has 21 heavy (non-hydrogen) atoms. The Hall–Kier alpha value is -1.77. The van der Waals surface area contributed by atoms with E-state index in [1.807, 2.05) is 6.92 Å². The van der Waals surface area contributed by atoms with Gasteiger partial charge in [-0.1, -0.05) is 6.92 Å². The molecule has 0 radical (unpaired) electrons. The Bertz CT molecular complexity index is 669. The van der Waals surface area contributed by atoms with Gasteiger partial charge in [0.25, 0.3) is 10.0 Å². The molecule has 0 atom stereocenters. The van der Waals surface area contributed by atoms with E-state index in [4.69, 9.17) is 0 Å². The van der Waals surface area contributed by atoms with Crippen molar-refractivity contribution in [1.29, 1.82) is 0 Å². The molecule has 0 amide bonds. The van der Waals surface area contributed by atoms with Gasteiger partial charge in [0.2, 0.25) is 0 Å². The van der Waals surface area contributed by atoms with Gasteiger partial charge in [0.15, 0.2) is 5.03 Å². The van der Waals surface area contributed by atoms with Crippen molar-refractivity contribution in [1.82, 2.24) is 24.8 Å². The number of nitrogens with one attached hydrogen (secondary N) is 2. The summed E-state index contributed by atoms with van der Waals surface area (Å²) < 4.78 is 26.5. The molecule has 2 aromatic rings. The van der Waals surface area contributed by atoms with Crippen molar-refractivity contribution in [3.63, 3.8) is 0 Å². The van der Waals surface area contributed by atoms with Gasteiger partial charge in [-0.15, -0.1) is 0 Å². The fourth-order valence-electron chi connectivity index (χ4n) is 1.89. The maximum Gasteiger partial charge on any atom is 0.260 e. The summed E-state index contributed by atoms with van der Waals surface area (Å²) in [7, 11) is -2.05. The van der Waals surface area contributed by atoms with E-state index in [0.717, 1.165) is 12.1 Å². The molecule has 0 aromatic carbocycles. The lowest BCUT2D eigenvalue weighted by Crippen LogP contribution is -2.28. The van der Waals surface area contributed by atoms with Crippen molar-refractivity contribution in [3.8, 4) is 0 Å². The first-order valence-corrected chi connectivity index (χ1v) is 8.08.